The van der Waals surface area contributed by atoms with Crippen molar-refractivity contribution in [2.75, 3.05) is 11.1 Å². The predicted molar refractivity (Wildman–Crippen MR) is 76.8 cm³/mol. The van der Waals surface area contributed by atoms with Gasteiger partial charge in [0.25, 0.3) is 0 Å². The summed E-state index contributed by atoms with van der Waals surface area (Å²) in [6.45, 7) is 0. The Morgan fingerprint density at radius 3 is 2.89 bits per heavy atom. The molecule has 0 aliphatic heterocycles. The van der Waals surface area contributed by atoms with Crippen molar-refractivity contribution >= 4 is 22.4 Å². The topological polar surface area (TPSA) is 63.8 Å². The fraction of sp³-hybridized carbons (Fsp3) is 0.467. The highest BCUT2D eigenvalue weighted by atomic mass is 15.0. The minimum Gasteiger partial charge on any atom is -0.399 e. The molecule has 3 unspecified atom stereocenters. The van der Waals surface area contributed by atoms with Gasteiger partial charge in [-0.3, -0.25) is 0 Å². The molecule has 0 saturated heterocycles. The lowest BCUT2D eigenvalue weighted by Gasteiger charge is -2.23. The molecule has 2 aliphatic rings. The van der Waals surface area contributed by atoms with Gasteiger partial charge in [-0.05, 0) is 49.3 Å². The normalized spacial score (nSPS) is 28.9. The van der Waals surface area contributed by atoms with Crippen LogP contribution in [-0.2, 0) is 0 Å². The molecule has 4 rings (SSSR count). The van der Waals surface area contributed by atoms with Crippen molar-refractivity contribution in [1.29, 1.82) is 0 Å². The van der Waals surface area contributed by atoms with Crippen LogP contribution >= 0.6 is 0 Å². The van der Waals surface area contributed by atoms with E-state index in [1.165, 1.54) is 25.7 Å². The molecule has 3 N–H and O–H groups in total. The molecular formula is C15H18N4. The van der Waals surface area contributed by atoms with Gasteiger partial charge in [-0.25, -0.2) is 9.97 Å². The number of nitrogen functional groups attached to an aromatic ring is 1. The molecule has 2 fully saturated rings. The van der Waals surface area contributed by atoms with Gasteiger partial charge in [-0.2, -0.15) is 0 Å². The van der Waals surface area contributed by atoms with Crippen LogP contribution in [0.1, 0.15) is 25.7 Å². The van der Waals surface area contributed by atoms with Gasteiger partial charge in [0.1, 0.15) is 12.1 Å². The summed E-state index contributed by atoms with van der Waals surface area (Å²) in [5.41, 5.74) is 7.59. The highest BCUT2D eigenvalue weighted by Gasteiger charge is 2.39. The zero-order chi connectivity index (χ0) is 12.8. The summed E-state index contributed by atoms with van der Waals surface area (Å²) in [5.74, 6) is 2.70. The summed E-state index contributed by atoms with van der Waals surface area (Å²) in [6, 6.07) is 6.39. The summed E-state index contributed by atoms with van der Waals surface area (Å²) in [7, 11) is 0. The second-order valence-corrected chi connectivity index (χ2v) is 5.92. The van der Waals surface area contributed by atoms with Crippen LogP contribution < -0.4 is 11.1 Å². The van der Waals surface area contributed by atoms with Crippen LogP contribution in [0.3, 0.4) is 0 Å². The van der Waals surface area contributed by atoms with E-state index in [1.54, 1.807) is 6.33 Å². The Labute approximate surface area is 112 Å². The maximum absolute atomic E-state index is 5.88. The molecule has 1 heterocycles. The first-order valence-electron chi connectivity index (χ1n) is 7.06. The third-order valence-electron chi connectivity index (χ3n) is 4.72. The number of rotatable bonds is 2. The smallest absolute Gasteiger partial charge is 0.137 e. The monoisotopic (exact) mass is 254 g/mol. The van der Waals surface area contributed by atoms with E-state index >= 15 is 0 Å². The van der Waals surface area contributed by atoms with Gasteiger partial charge in [0.05, 0.1) is 5.52 Å². The molecule has 0 radical (unpaired) electrons. The summed E-state index contributed by atoms with van der Waals surface area (Å²) < 4.78 is 0. The van der Waals surface area contributed by atoms with Crippen LogP contribution in [0.4, 0.5) is 11.5 Å². The van der Waals surface area contributed by atoms with Crippen LogP contribution in [0.25, 0.3) is 10.9 Å². The minimum absolute atomic E-state index is 0.582. The van der Waals surface area contributed by atoms with E-state index < -0.39 is 0 Å². The number of hydrogen-bond donors (Lipinski definition) is 2. The molecule has 2 aromatic rings. The van der Waals surface area contributed by atoms with Crippen LogP contribution in [-0.4, -0.2) is 16.0 Å². The van der Waals surface area contributed by atoms with Crippen molar-refractivity contribution in [3.05, 3.63) is 24.5 Å². The lowest BCUT2D eigenvalue weighted by molar-refractivity contribution is 0.439. The highest BCUT2D eigenvalue weighted by molar-refractivity contribution is 5.91. The third-order valence-corrected chi connectivity index (χ3v) is 4.72. The van der Waals surface area contributed by atoms with Gasteiger partial charge in [0.2, 0.25) is 0 Å². The van der Waals surface area contributed by atoms with E-state index in [4.69, 9.17) is 5.73 Å². The Morgan fingerprint density at radius 1 is 1.16 bits per heavy atom. The molecule has 1 aromatic heterocycles. The average Bonchev–Trinajstić information content (AvgIpc) is 3.02. The van der Waals surface area contributed by atoms with E-state index in [1.807, 2.05) is 18.2 Å². The van der Waals surface area contributed by atoms with Crippen molar-refractivity contribution in [1.82, 2.24) is 9.97 Å². The Morgan fingerprint density at radius 2 is 2.11 bits per heavy atom. The number of hydrogen-bond acceptors (Lipinski definition) is 4. The molecule has 98 valence electrons. The van der Waals surface area contributed by atoms with Gasteiger partial charge in [0.15, 0.2) is 0 Å². The minimum atomic E-state index is 0.582. The van der Waals surface area contributed by atoms with E-state index in [-0.39, 0.29) is 0 Å². The fourth-order valence-electron chi connectivity index (χ4n) is 3.79. The zero-order valence-corrected chi connectivity index (χ0v) is 10.8. The fourth-order valence-corrected chi connectivity index (χ4v) is 3.79. The lowest BCUT2D eigenvalue weighted by Crippen LogP contribution is -2.26. The number of benzene rings is 1. The van der Waals surface area contributed by atoms with E-state index in [9.17, 15) is 0 Å². The van der Waals surface area contributed by atoms with Crippen molar-refractivity contribution in [2.24, 2.45) is 11.8 Å². The number of anilines is 2. The average molecular weight is 254 g/mol. The number of nitrogens with zero attached hydrogens (tertiary/aromatic N) is 2. The van der Waals surface area contributed by atoms with E-state index in [0.29, 0.717) is 6.04 Å². The predicted octanol–water partition coefficient (Wildman–Crippen LogP) is 2.81. The number of aromatic nitrogens is 2. The molecule has 4 heteroatoms. The first kappa shape index (κ1) is 11.0. The van der Waals surface area contributed by atoms with Gasteiger partial charge < -0.3 is 11.1 Å². The molecule has 0 spiro atoms. The maximum Gasteiger partial charge on any atom is 0.137 e. The summed E-state index contributed by atoms with van der Waals surface area (Å²) >= 11 is 0. The largest absolute Gasteiger partial charge is 0.399 e. The van der Waals surface area contributed by atoms with E-state index in [2.05, 4.69) is 15.3 Å². The quantitative estimate of drug-likeness (QED) is 0.809. The molecule has 2 saturated carbocycles. The molecular weight excluding hydrogens is 236 g/mol. The zero-order valence-electron chi connectivity index (χ0n) is 10.8. The highest BCUT2D eigenvalue weighted by Crippen LogP contribution is 2.45. The van der Waals surface area contributed by atoms with Crippen molar-refractivity contribution in [2.45, 2.75) is 31.7 Å². The van der Waals surface area contributed by atoms with Crippen LogP contribution in [0.2, 0.25) is 0 Å². The Bertz CT molecular complexity index is 625. The Hall–Kier alpha value is -1.84. The van der Waals surface area contributed by atoms with Crippen LogP contribution in [0, 0.1) is 11.8 Å². The van der Waals surface area contributed by atoms with Gasteiger partial charge in [-0.1, -0.05) is 6.42 Å². The van der Waals surface area contributed by atoms with Gasteiger partial charge in [0, 0.05) is 17.1 Å². The molecule has 2 bridgehead atoms. The SMILES string of the molecule is Nc1ccc2ncnc(NC3CC4CCC3C4)c2c1. The number of nitrogens with one attached hydrogen (secondary N) is 1. The van der Waals surface area contributed by atoms with Gasteiger partial charge in [-0.15, -0.1) is 0 Å². The van der Waals surface area contributed by atoms with E-state index in [0.717, 1.165) is 34.2 Å². The third kappa shape index (κ3) is 1.82. The van der Waals surface area contributed by atoms with Crippen LogP contribution in [0.5, 0.6) is 0 Å². The molecule has 1 aromatic carbocycles. The second kappa shape index (κ2) is 4.08. The summed E-state index contributed by atoms with van der Waals surface area (Å²) in [4.78, 5) is 8.72. The molecule has 4 nitrogen and oxygen atoms in total. The van der Waals surface area contributed by atoms with Crippen LogP contribution in [0.15, 0.2) is 24.5 Å². The van der Waals surface area contributed by atoms with Crippen molar-refractivity contribution in [3.8, 4) is 0 Å². The second-order valence-electron chi connectivity index (χ2n) is 5.92. The van der Waals surface area contributed by atoms with Gasteiger partial charge >= 0.3 is 0 Å². The Kier molecular flexibility index (Phi) is 2.37. The number of fused-ring (bicyclic) bond motifs is 3. The van der Waals surface area contributed by atoms with Crippen molar-refractivity contribution in [3.63, 3.8) is 0 Å². The van der Waals surface area contributed by atoms with Crippen molar-refractivity contribution < 1.29 is 0 Å². The first-order chi connectivity index (χ1) is 9.29. The maximum atomic E-state index is 5.88. The summed E-state index contributed by atoms with van der Waals surface area (Å²) in [5, 5.41) is 4.67. The number of nitrogens with two attached hydrogens (primary N) is 1. The standard InChI is InChI=1S/C15H18N4/c16-11-3-4-13-12(7-11)15(18-8-17-13)19-14-6-9-1-2-10(14)5-9/h3-4,7-10,14H,1-2,5-6,16H2,(H,17,18,19). The molecule has 2 aliphatic carbocycles. The molecule has 3 atom stereocenters. The first-order valence-corrected chi connectivity index (χ1v) is 7.06. The molecule has 0 amide bonds. The summed E-state index contributed by atoms with van der Waals surface area (Å²) in [6.07, 6.45) is 7.10. The Balaban J connectivity index is 1.69. The molecule has 19 heavy (non-hydrogen) atoms. The lowest BCUT2D eigenvalue weighted by atomic mass is 9.95.